The molecule has 0 atom stereocenters. The summed E-state index contributed by atoms with van der Waals surface area (Å²) in [4.78, 5) is 25.7. The zero-order valence-electron chi connectivity index (χ0n) is 12.8. The van der Waals surface area contributed by atoms with Crippen LogP contribution in [0.15, 0.2) is 18.2 Å². The predicted octanol–water partition coefficient (Wildman–Crippen LogP) is 2.52. The standard InChI is InChI=1S/C16H22N2O3/c1-16(2,3)21-15(20)18-9-7-11-10-12(4-5-13(11)18)14(19)6-8-17/h4-5,10H,6-9,17H2,1-3H3. The number of benzene rings is 1. The molecule has 1 aliphatic heterocycles. The Balaban J connectivity index is 2.18. The minimum Gasteiger partial charge on any atom is -0.443 e. The SMILES string of the molecule is CC(C)(C)OC(=O)N1CCc2cc(C(=O)CCN)ccc21. The van der Waals surface area contributed by atoms with E-state index in [1.54, 1.807) is 11.0 Å². The first-order valence-electron chi connectivity index (χ1n) is 7.18. The number of fused-ring (bicyclic) bond motifs is 1. The number of anilines is 1. The van der Waals surface area contributed by atoms with Gasteiger partial charge in [0.1, 0.15) is 5.60 Å². The van der Waals surface area contributed by atoms with Gasteiger partial charge in [0.25, 0.3) is 0 Å². The number of ether oxygens (including phenoxy) is 1. The minimum atomic E-state index is -0.517. The molecule has 1 aromatic carbocycles. The highest BCUT2D eigenvalue weighted by Gasteiger charge is 2.29. The number of hydrogen-bond donors (Lipinski definition) is 1. The molecule has 0 radical (unpaired) electrons. The van der Waals surface area contributed by atoms with Crippen LogP contribution in [0.5, 0.6) is 0 Å². The summed E-state index contributed by atoms with van der Waals surface area (Å²) in [5.74, 6) is 0.0380. The fourth-order valence-electron chi connectivity index (χ4n) is 2.36. The van der Waals surface area contributed by atoms with Gasteiger partial charge in [0, 0.05) is 18.5 Å². The minimum absolute atomic E-state index is 0.0380. The lowest BCUT2D eigenvalue weighted by molar-refractivity contribution is 0.0584. The van der Waals surface area contributed by atoms with E-state index in [4.69, 9.17) is 10.5 Å². The highest BCUT2D eigenvalue weighted by molar-refractivity contribution is 5.98. The van der Waals surface area contributed by atoms with Gasteiger partial charge in [0.15, 0.2) is 5.78 Å². The quantitative estimate of drug-likeness (QED) is 0.868. The molecule has 1 aliphatic rings. The third kappa shape index (κ3) is 3.61. The average molecular weight is 290 g/mol. The molecule has 0 saturated carbocycles. The van der Waals surface area contributed by atoms with E-state index in [0.717, 1.165) is 17.7 Å². The maximum atomic E-state index is 12.2. The molecule has 0 aliphatic carbocycles. The van der Waals surface area contributed by atoms with Crippen LogP contribution in [0.2, 0.25) is 0 Å². The van der Waals surface area contributed by atoms with Crippen LogP contribution in [0, 0.1) is 0 Å². The second-order valence-corrected chi connectivity index (χ2v) is 6.19. The van der Waals surface area contributed by atoms with Gasteiger partial charge in [-0.3, -0.25) is 9.69 Å². The Labute approximate surface area is 125 Å². The summed E-state index contributed by atoms with van der Waals surface area (Å²) in [6.45, 7) is 6.46. The number of nitrogens with two attached hydrogens (primary N) is 1. The van der Waals surface area contributed by atoms with Crippen LogP contribution in [0.25, 0.3) is 0 Å². The third-order valence-corrected chi connectivity index (χ3v) is 3.28. The Morgan fingerprint density at radius 2 is 2.05 bits per heavy atom. The molecule has 5 nitrogen and oxygen atoms in total. The summed E-state index contributed by atoms with van der Waals surface area (Å²) in [5.41, 5.74) is 7.38. The van der Waals surface area contributed by atoms with E-state index in [-0.39, 0.29) is 11.9 Å². The van der Waals surface area contributed by atoms with E-state index in [1.807, 2.05) is 32.9 Å². The lowest BCUT2D eigenvalue weighted by Crippen LogP contribution is -2.35. The van der Waals surface area contributed by atoms with Gasteiger partial charge in [-0.05, 0) is 57.5 Å². The molecule has 0 fully saturated rings. The highest BCUT2D eigenvalue weighted by Crippen LogP contribution is 2.30. The molecule has 2 N–H and O–H groups in total. The first kappa shape index (κ1) is 15.5. The number of carbonyl (C=O) groups is 2. The molecule has 2 rings (SSSR count). The molecule has 0 aromatic heterocycles. The first-order chi connectivity index (χ1) is 9.81. The molecule has 0 unspecified atom stereocenters. The molecule has 21 heavy (non-hydrogen) atoms. The van der Waals surface area contributed by atoms with Crippen molar-refractivity contribution in [2.75, 3.05) is 18.0 Å². The topological polar surface area (TPSA) is 72.6 Å². The molecular formula is C16H22N2O3. The van der Waals surface area contributed by atoms with Crippen LogP contribution in [0.3, 0.4) is 0 Å². The summed E-state index contributed by atoms with van der Waals surface area (Å²) in [5, 5.41) is 0. The van der Waals surface area contributed by atoms with E-state index < -0.39 is 5.60 Å². The summed E-state index contributed by atoms with van der Waals surface area (Å²) in [7, 11) is 0. The maximum absolute atomic E-state index is 12.2. The molecule has 5 heteroatoms. The van der Waals surface area contributed by atoms with E-state index in [2.05, 4.69) is 0 Å². The lowest BCUT2D eigenvalue weighted by Gasteiger charge is -2.24. The zero-order valence-corrected chi connectivity index (χ0v) is 12.8. The monoisotopic (exact) mass is 290 g/mol. The Morgan fingerprint density at radius 1 is 1.33 bits per heavy atom. The Bertz CT molecular complexity index is 561. The van der Waals surface area contributed by atoms with Crippen LogP contribution in [-0.2, 0) is 11.2 Å². The third-order valence-electron chi connectivity index (χ3n) is 3.28. The molecule has 0 saturated heterocycles. The average Bonchev–Trinajstić information content (AvgIpc) is 2.79. The van der Waals surface area contributed by atoms with Crippen molar-refractivity contribution in [2.24, 2.45) is 5.73 Å². The zero-order chi connectivity index (χ0) is 15.6. The molecule has 114 valence electrons. The van der Waals surface area contributed by atoms with E-state index in [9.17, 15) is 9.59 Å². The number of Topliss-reactive ketones (excluding diaryl/α,β-unsaturated/α-hetero) is 1. The van der Waals surface area contributed by atoms with Crippen molar-refractivity contribution in [2.45, 2.75) is 39.2 Å². The van der Waals surface area contributed by atoms with Crippen LogP contribution >= 0.6 is 0 Å². The number of hydrogen-bond acceptors (Lipinski definition) is 4. The number of ketones is 1. The van der Waals surface area contributed by atoms with Crippen molar-refractivity contribution in [1.82, 2.24) is 0 Å². The summed E-state index contributed by atoms with van der Waals surface area (Å²) < 4.78 is 5.40. The summed E-state index contributed by atoms with van der Waals surface area (Å²) in [6, 6.07) is 5.42. The van der Waals surface area contributed by atoms with Crippen LogP contribution in [-0.4, -0.2) is 30.6 Å². The van der Waals surface area contributed by atoms with Crippen LogP contribution in [0.1, 0.15) is 43.1 Å². The fraction of sp³-hybridized carbons (Fsp3) is 0.500. The van der Waals surface area contributed by atoms with Crippen molar-refractivity contribution < 1.29 is 14.3 Å². The van der Waals surface area contributed by atoms with Crippen molar-refractivity contribution in [3.63, 3.8) is 0 Å². The smallest absolute Gasteiger partial charge is 0.414 e. The molecule has 1 aromatic rings. The van der Waals surface area contributed by atoms with Crippen LogP contribution in [0.4, 0.5) is 10.5 Å². The van der Waals surface area contributed by atoms with E-state index in [0.29, 0.717) is 25.1 Å². The maximum Gasteiger partial charge on any atom is 0.414 e. The second-order valence-electron chi connectivity index (χ2n) is 6.19. The number of carbonyl (C=O) groups excluding carboxylic acids is 2. The summed E-state index contributed by atoms with van der Waals surface area (Å²) in [6.07, 6.45) is 0.731. The van der Waals surface area contributed by atoms with Crippen molar-refractivity contribution in [3.05, 3.63) is 29.3 Å². The second kappa shape index (κ2) is 5.85. The normalized spacial score (nSPS) is 14.0. The molecular weight excluding hydrogens is 268 g/mol. The molecule has 1 heterocycles. The largest absolute Gasteiger partial charge is 0.443 e. The summed E-state index contributed by atoms with van der Waals surface area (Å²) >= 11 is 0. The Hall–Kier alpha value is -1.88. The lowest BCUT2D eigenvalue weighted by atomic mass is 10.0. The van der Waals surface area contributed by atoms with E-state index >= 15 is 0 Å². The van der Waals surface area contributed by atoms with Gasteiger partial charge in [-0.2, -0.15) is 0 Å². The van der Waals surface area contributed by atoms with Crippen molar-refractivity contribution >= 4 is 17.6 Å². The Morgan fingerprint density at radius 3 is 2.67 bits per heavy atom. The van der Waals surface area contributed by atoms with Gasteiger partial charge >= 0.3 is 6.09 Å². The number of rotatable bonds is 3. The van der Waals surface area contributed by atoms with Gasteiger partial charge in [0.05, 0.1) is 5.69 Å². The molecule has 1 amide bonds. The van der Waals surface area contributed by atoms with Crippen molar-refractivity contribution in [1.29, 1.82) is 0 Å². The van der Waals surface area contributed by atoms with Gasteiger partial charge < -0.3 is 10.5 Å². The van der Waals surface area contributed by atoms with Crippen LogP contribution < -0.4 is 10.6 Å². The van der Waals surface area contributed by atoms with Gasteiger partial charge in [0.2, 0.25) is 0 Å². The van der Waals surface area contributed by atoms with Gasteiger partial charge in [-0.15, -0.1) is 0 Å². The molecule has 0 bridgehead atoms. The highest BCUT2D eigenvalue weighted by atomic mass is 16.6. The predicted molar refractivity (Wildman–Crippen MR) is 81.7 cm³/mol. The van der Waals surface area contributed by atoms with Gasteiger partial charge in [-0.1, -0.05) is 0 Å². The van der Waals surface area contributed by atoms with E-state index in [1.165, 1.54) is 0 Å². The number of nitrogens with zero attached hydrogens (tertiary/aromatic N) is 1. The van der Waals surface area contributed by atoms with Crippen molar-refractivity contribution in [3.8, 4) is 0 Å². The number of amides is 1. The first-order valence-corrected chi connectivity index (χ1v) is 7.18. The Kier molecular flexibility index (Phi) is 4.32. The van der Waals surface area contributed by atoms with Gasteiger partial charge in [-0.25, -0.2) is 4.79 Å². The molecule has 0 spiro atoms. The fourth-order valence-corrected chi connectivity index (χ4v) is 2.36.